The van der Waals surface area contributed by atoms with Crippen molar-refractivity contribution in [2.75, 3.05) is 0 Å². The van der Waals surface area contributed by atoms with Crippen LogP contribution in [0.5, 0.6) is 0 Å². The van der Waals surface area contributed by atoms with Crippen molar-refractivity contribution in [2.24, 2.45) is 0 Å². The summed E-state index contributed by atoms with van der Waals surface area (Å²) in [7, 11) is 0. The van der Waals surface area contributed by atoms with E-state index in [-0.39, 0.29) is 29.6 Å². The van der Waals surface area contributed by atoms with E-state index in [1.165, 1.54) is 4.68 Å². The summed E-state index contributed by atoms with van der Waals surface area (Å²) in [5.74, 6) is -0.120. The van der Waals surface area contributed by atoms with Gasteiger partial charge in [-0.15, -0.1) is 11.6 Å². The van der Waals surface area contributed by atoms with Crippen LogP contribution in [0, 0.1) is 11.3 Å². The number of nitrogens with zero attached hydrogens (tertiary/aromatic N) is 3. The molecule has 0 spiro atoms. The van der Waals surface area contributed by atoms with E-state index < -0.39 is 12.1 Å². The molecule has 0 radical (unpaired) electrons. The van der Waals surface area contributed by atoms with Gasteiger partial charge in [0.2, 0.25) is 0 Å². The van der Waals surface area contributed by atoms with Gasteiger partial charge in [-0.2, -0.15) is 10.4 Å². The Bertz CT molecular complexity index is 384. The highest BCUT2D eigenvalue weighted by atomic mass is 35.5. The summed E-state index contributed by atoms with van der Waals surface area (Å²) in [6.45, 7) is 0.186. The molecule has 0 amide bonds. The van der Waals surface area contributed by atoms with Crippen molar-refractivity contribution in [1.29, 1.82) is 5.26 Å². The number of halogens is 4. The van der Waals surface area contributed by atoms with E-state index in [0.29, 0.717) is 0 Å². The van der Waals surface area contributed by atoms with Crippen molar-refractivity contribution in [1.82, 2.24) is 9.78 Å². The maximum atomic E-state index is 12.5. The average molecular weight is 254 g/mol. The highest BCUT2D eigenvalue weighted by Gasteiger charge is 2.22. The zero-order chi connectivity index (χ0) is 11.4. The molecule has 7 heteroatoms. The molecule has 0 saturated heterocycles. The second kappa shape index (κ2) is 5.29. The molecule has 82 valence electrons. The highest BCUT2D eigenvalue weighted by Crippen LogP contribution is 2.29. The molecular weight excluding hydrogens is 247 g/mol. The summed E-state index contributed by atoms with van der Waals surface area (Å²) in [5, 5.41) is 12.0. The van der Waals surface area contributed by atoms with Gasteiger partial charge < -0.3 is 0 Å². The van der Waals surface area contributed by atoms with Gasteiger partial charge in [0.25, 0.3) is 6.43 Å². The minimum Gasteiger partial charge on any atom is -0.252 e. The molecule has 15 heavy (non-hydrogen) atoms. The first-order chi connectivity index (χ1) is 7.11. The Morgan fingerprint density at radius 1 is 1.53 bits per heavy atom. The van der Waals surface area contributed by atoms with Gasteiger partial charge in [-0.05, 0) is 0 Å². The lowest BCUT2D eigenvalue weighted by Crippen LogP contribution is -2.00. The van der Waals surface area contributed by atoms with E-state index in [2.05, 4.69) is 5.10 Å². The SMILES string of the molecule is N#CCCn1nc(C(F)F)c(CCl)c1Cl. The fourth-order valence-electron chi connectivity index (χ4n) is 1.10. The largest absolute Gasteiger partial charge is 0.282 e. The molecule has 0 atom stereocenters. The van der Waals surface area contributed by atoms with E-state index >= 15 is 0 Å². The van der Waals surface area contributed by atoms with Crippen LogP contribution in [0.3, 0.4) is 0 Å². The third-order valence-corrected chi connectivity index (χ3v) is 2.48. The zero-order valence-corrected chi connectivity index (χ0v) is 9.06. The normalized spacial score (nSPS) is 10.7. The molecule has 0 unspecified atom stereocenters. The van der Waals surface area contributed by atoms with Gasteiger partial charge in [0.15, 0.2) is 0 Å². The van der Waals surface area contributed by atoms with Crippen LogP contribution in [0.25, 0.3) is 0 Å². The first-order valence-corrected chi connectivity index (χ1v) is 4.99. The van der Waals surface area contributed by atoms with Gasteiger partial charge in [-0.3, -0.25) is 4.68 Å². The number of aryl methyl sites for hydroxylation is 1. The second-order valence-electron chi connectivity index (χ2n) is 2.72. The molecule has 0 fully saturated rings. The molecule has 0 aliphatic heterocycles. The number of hydrogen-bond donors (Lipinski definition) is 0. The predicted octanol–water partition coefficient (Wildman–Crippen LogP) is 3.13. The lowest BCUT2D eigenvalue weighted by Gasteiger charge is -1.97. The van der Waals surface area contributed by atoms with Crippen molar-refractivity contribution >= 4 is 23.2 Å². The van der Waals surface area contributed by atoms with Crippen LogP contribution in [-0.2, 0) is 12.4 Å². The number of nitriles is 1. The Morgan fingerprint density at radius 2 is 2.20 bits per heavy atom. The first kappa shape index (κ1) is 12.2. The average Bonchev–Trinajstić information content (AvgIpc) is 2.52. The number of aromatic nitrogens is 2. The van der Waals surface area contributed by atoms with E-state index in [4.69, 9.17) is 28.5 Å². The van der Waals surface area contributed by atoms with Crippen molar-refractivity contribution in [3.8, 4) is 6.07 Å². The van der Waals surface area contributed by atoms with Crippen molar-refractivity contribution in [2.45, 2.75) is 25.3 Å². The Morgan fingerprint density at radius 3 is 2.60 bits per heavy atom. The molecule has 1 rings (SSSR count). The van der Waals surface area contributed by atoms with E-state index in [9.17, 15) is 8.78 Å². The predicted molar refractivity (Wildman–Crippen MR) is 52.0 cm³/mol. The minimum atomic E-state index is -2.71. The molecular formula is C8H7Cl2F2N3. The van der Waals surface area contributed by atoms with E-state index in [1.54, 1.807) is 0 Å². The molecule has 1 aromatic rings. The van der Waals surface area contributed by atoms with Gasteiger partial charge in [0.05, 0.1) is 24.9 Å². The van der Waals surface area contributed by atoms with Crippen molar-refractivity contribution in [3.63, 3.8) is 0 Å². The van der Waals surface area contributed by atoms with Crippen LogP contribution in [-0.4, -0.2) is 9.78 Å². The van der Waals surface area contributed by atoms with Crippen molar-refractivity contribution < 1.29 is 8.78 Å². The van der Waals surface area contributed by atoms with Gasteiger partial charge in [0, 0.05) is 5.56 Å². The van der Waals surface area contributed by atoms with Crippen LogP contribution < -0.4 is 0 Å². The third kappa shape index (κ3) is 2.58. The molecule has 0 saturated carbocycles. The standard InChI is InChI=1S/C8H7Cl2F2N3/c9-4-5-6(8(11)12)14-15(7(5)10)3-1-2-13/h8H,1,3-4H2. The first-order valence-electron chi connectivity index (χ1n) is 4.08. The van der Waals surface area contributed by atoms with E-state index in [0.717, 1.165) is 0 Å². The second-order valence-corrected chi connectivity index (χ2v) is 3.35. The van der Waals surface area contributed by atoms with Crippen LogP contribution in [0.1, 0.15) is 24.1 Å². The van der Waals surface area contributed by atoms with E-state index in [1.807, 2.05) is 6.07 Å². The molecule has 3 nitrogen and oxygen atoms in total. The minimum absolute atomic E-state index is 0.0792. The lowest BCUT2D eigenvalue weighted by atomic mass is 10.3. The fraction of sp³-hybridized carbons (Fsp3) is 0.500. The van der Waals surface area contributed by atoms with Crippen LogP contribution in [0.15, 0.2) is 0 Å². The Labute approximate surface area is 95.2 Å². The van der Waals surface area contributed by atoms with Gasteiger partial charge in [0.1, 0.15) is 10.8 Å². The summed E-state index contributed by atoms with van der Waals surface area (Å²) in [6.07, 6.45) is -2.55. The molecule has 0 N–H and O–H groups in total. The smallest absolute Gasteiger partial charge is 0.252 e. The van der Waals surface area contributed by atoms with Crippen molar-refractivity contribution in [3.05, 3.63) is 16.4 Å². The zero-order valence-electron chi connectivity index (χ0n) is 7.55. The molecule has 1 heterocycles. The number of alkyl halides is 3. The van der Waals surface area contributed by atoms with Crippen LogP contribution in [0.2, 0.25) is 5.15 Å². The summed E-state index contributed by atoms with van der Waals surface area (Å²) in [5.41, 5.74) is -0.279. The number of rotatable bonds is 4. The Hall–Kier alpha value is -0.860. The maximum absolute atomic E-state index is 12.5. The molecule has 0 aliphatic carbocycles. The molecule has 1 aromatic heterocycles. The summed E-state index contributed by atoms with van der Waals surface area (Å²) < 4.78 is 26.1. The highest BCUT2D eigenvalue weighted by molar-refractivity contribution is 6.31. The molecule has 0 aromatic carbocycles. The van der Waals surface area contributed by atoms with Gasteiger partial charge in [-0.1, -0.05) is 11.6 Å². The monoisotopic (exact) mass is 253 g/mol. The quantitative estimate of drug-likeness (QED) is 0.774. The topological polar surface area (TPSA) is 41.6 Å². The molecule has 0 aliphatic rings. The maximum Gasteiger partial charge on any atom is 0.282 e. The fourth-order valence-corrected chi connectivity index (χ4v) is 1.72. The Kier molecular flexibility index (Phi) is 4.30. The van der Waals surface area contributed by atoms with Gasteiger partial charge in [-0.25, -0.2) is 8.78 Å². The van der Waals surface area contributed by atoms with Crippen LogP contribution in [0.4, 0.5) is 8.78 Å². The summed E-state index contributed by atoms with van der Waals surface area (Å²) >= 11 is 11.3. The summed E-state index contributed by atoms with van der Waals surface area (Å²) in [4.78, 5) is 0. The Balaban J connectivity index is 3.05. The number of hydrogen-bond acceptors (Lipinski definition) is 2. The van der Waals surface area contributed by atoms with Gasteiger partial charge >= 0.3 is 0 Å². The molecule has 0 bridgehead atoms. The van der Waals surface area contributed by atoms with Crippen LogP contribution >= 0.6 is 23.2 Å². The third-order valence-electron chi connectivity index (χ3n) is 1.79. The summed E-state index contributed by atoms with van der Waals surface area (Å²) in [6, 6.07) is 1.88. The lowest BCUT2D eigenvalue weighted by molar-refractivity contribution is 0.144.